The first-order chi connectivity index (χ1) is 9.75. The van der Waals surface area contributed by atoms with Crippen molar-refractivity contribution in [2.75, 3.05) is 26.2 Å². The number of halogens is 1. The molecule has 2 fully saturated rings. The highest BCUT2D eigenvalue weighted by Gasteiger charge is 2.32. The number of carbonyl (C=O) groups excluding carboxylic acids is 1. The van der Waals surface area contributed by atoms with E-state index in [0.29, 0.717) is 11.7 Å². The summed E-state index contributed by atoms with van der Waals surface area (Å²) in [4.78, 5) is 21.2. The van der Waals surface area contributed by atoms with Crippen LogP contribution in [0.4, 0.5) is 0 Å². The lowest BCUT2D eigenvalue weighted by Gasteiger charge is -2.32. The average Bonchev–Trinajstić information content (AvgIpc) is 2.98. The van der Waals surface area contributed by atoms with E-state index in [1.807, 2.05) is 17.0 Å². The molecule has 0 aliphatic carbocycles. The standard InChI is InChI=1S/C15H20BrN3O/c16-13-5-4-7-17-14(13)15(20)19-10-6-12(11-19)18-8-2-1-3-9-18/h4-5,7,12H,1-3,6,8-11H2. The van der Waals surface area contributed by atoms with Crippen LogP contribution in [0.5, 0.6) is 0 Å². The third-order valence-corrected chi connectivity index (χ3v) is 4.96. The zero-order chi connectivity index (χ0) is 13.9. The molecule has 2 saturated heterocycles. The Morgan fingerprint density at radius 1 is 1.25 bits per heavy atom. The highest BCUT2D eigenvalue weighted by molar-refractivity contribution is 9.10. The molecule has 1 aromatic heterocycles. The van der Waals surface area contributed by atoms with Crippen LogP contribution in [0, 0.1) is 0 Å². The van der Waals surface area contributed by atoms with Crippen molar-refractivity contribution in [1.82, 2.24) is 14.8 Å². The minimum absolute atomic E-state index is 0.0528. The smallest absolute Gasteiger partial charge is 0.273 e. The van der Waals surface area contributed by atoms with Crippen LogP contribution >= 0.6 is 15.9 Å². The van der Waals surface area contributed by atoms with Crippen molar-refractivity contribution in [3.8, 4) is 0 Å². The Labute approximate surface area is 128 Å². The van der Waals surface area contributed by atoms with Crippen LogP contribution < -0.4 is 0 Å². The highest BCUT2D eigenvalue weighted by atomic mass is 79.9. The summed E-state index contributed by atoms with van der Waals surface area (Å²) in [5.74, 6) is 0.0528. The Balaban J connectivity index is 1.65. The predicted molar refractivity (Wildman–Crippen MR) is 81.7 cm³/mol. The predicted octanol–water partition coefficient (Wildman–Crippen LogP) is 2.54. The number of pyridine rings is 1. The van der Waals surface area contributed by atoms with Gasteiger partial charge in [0.05, 0.1) is 0 Å². The van der Waals surface area contributed by atoms with E-state index < -0.39 is 0 Å². The van der Waals surface area contributed by atoms with Gasteiger partial charge in [-0.25, -0.2) is 4.98 Å². The first-order valence-corrected chi connectivity index (χ1v) is 8.19. The molecule has 0 bridgehead atoms. The molecule has 0 spiro atoms. The maximum absolute atomic E-state index is 12.5. The van der Waals surface area contributed by atoms with Crippen molar-refractivity contribution >= 4 is 21.8 Å². The van der Waals surface area contributed by atoms with Crippen LogP contribution in [0.3, 0.4) is 0 Å². The zero-order valence-electron chi connectivity index (χ0n) is 11.6. The molecule has 0 saturated carbocycles. The van der Waals surface area contributed by atoms with Crippen LogP contribution in [0.2, 0.25) is 0 Å². The normalized spacial score (nSPS) is 24.1. The molecule has 0 N–H and O–H groups in total. The molecule has 108 valence electrons. The third-order valence-electron chi connectivity index (χ3n) is 4.32. The van der Waals surface area contributed by atoms with E-state index in [1.54, 1.807) is 6.20 Å². The Kier molecular flexibility index (Phi) is 4.36. The number of likely N-dealkylation sites (tertiary alicyclic amines) is 2. The van der Waals surface area contributed by atoms with Crippen LogP contribution in [0.15, 0.2) is 22.8 Å². The van der Waals surface area contributed by atoms with Crippen molar-refractivity contribution in [2.24, 2.45) is 0 Å². The Morgan fingerprint density at radius 2 is 2.05 bits per heavy atom. The summed E-state index contributed by atoms with van der Waals surface area (Å²) in [5, 5.41) is 0. The fourth-order valence-electron chi connectivity index (χ4n) is 3.20. The SMILES string of the molecule is O=C(c1ncccc1Br)N1CCC(N2CCCCC2)C1. The van der Waals surface area contributed by atoms with Gasteiger partial charge in [0.25, 0.3) is 5.91 Å². The Hall–Kier alpha value is -0.940. The van der Waals surface area contributed by atoms with Gasteiger partial charge in [-0.3, -0.25) is 9.69 Å². The van der Waals surface area contributed by atoms with Gasteiger partial charge in [-0.05, 0) is 60.4 Å². The summed E-state index contributed by atoms with van der Waals surface area (Å²) < 4.78 is 0.784. The maximum atomic E-state index is 12.5. The number of amides is 1. The van der Waals surface area contributed by atoms with E-state index >= 15 is 0 Å². The molecule has 3 rings (SSSR count). The molecule has 1 unspecified atom stereocenters. The van der Waals surface area contributed by atoms with Crippen molar-refractivity contribution in [2.45, 2.75) is 31.7 Å². The molecule has 3 heterocycles. The van der Waals surface area contributed by atoms with E-state index in [4.69, 9.17) is 0 Å². The van der Waals surface area contributed by atoms with Crippen LogP contribution in [-0.2, 0) is 0 Å². The molecule has 4 nitrogen and oxygen atoms in total. The largest absolute Gasteiger partial charge is 0.336 e. The summed E-state index contributed by atoms with van der Waals surface area (Å²) in [6, 6.07) is 4.25. The summed E-state index contributed by atoms with van der Waals surface area (Å²) >= 11 is 3.42. The molecule has 1 aromatic rings. The first-order valence-electron chi connectivity index (χ1n) is 7.39. The second kappa shape index (κ2) is 6.22. The van der Waals surface area contributed by atoms with Gasteiger partial charge in [0.15, 0.2) is 0 Å². The summed E-state index contributed by atoms with van der Waals surface area (Å²) in [6.07, 6.45) is 6.73. The number of piperidine rings is 1. The number of nitrogens with zero attached hydrogens (tertiary/aromatic N) is 3. The van der Waals surface area contributed by atoms with Crippen LogP contribution in [0.25, 0.3) is 0 Å². The van der Waals surface area contributed by atoms with Crippen molar-refractivity contribution in [1.29, 1.82) is 0 Å². The van der Waals surface area contributed by atoms with E-state index in [1.165, 1.54) is 32.4 Å². The fourth-order valence-corrected chi connectivity index (χ4v) is 3.63. The molecule has 1 atom stereocenters. The number of rotatable bonds is 2. The quantitative estimate of drug-likeness (QED) is 0.832. The minimum Gasteiger partial charge on any atom is -0.336 e. The molecular weight excluding hydrogens is 318 g/mol. The van der Waals surface area contributed by atoms with E-state index in [0.717, 1.165) is 24.0 Å². The van der Waals surface area contributed by atoms with Gasteiger partial charge in [0.2, 0.25) is 0 Å². The second-order valence-corrected chi connectivity index (χ2v) is 6.48. The number of aromatic nitrogens is 1. The third kappa shape index (κ3) is 2.88. The summed E-state index contributed by atoms with van der Waals surface area (Å²) in [6.45, 7) is 4.09. The summed E-state index contributed by atoms with van der Waals surface area (Å²) in [7, 11) is 0. The lowest BCUT2D eigenvalue weighted by molar-refractivity contribution is 0.0765. The Bertz CT molecular complexity index is 488. The second-order valence-electron chi connectivity index (χ2n) is 5.62. The monoisotopic (exact) mass is 337 g/mol. The summed E-state index contributed by atoms with van der Waals surface area (Å²) in [5.41, 5.74) is 0.534. The van der Waals surface area contributed by atoms with Gasteiger partial charge in [0.1, 0.15) is 5.69 Å². The van der Waals surface area contributed by atoms with Gasteiger partial charge < -0.3 is 4.90 Å². The molecule has 20 heavy (non-hydrogen) atoms. The number of hydrogen-bond donors (Lipinski definition) is 0. The van der Waals surface area contributed by atoms with Crippen molar-refractivity contribution in [3.63, 3.8) is 0 Å². The number of hydrogen-bond acceptors (Lipinski definition) is 3. The average molecular weight is 338 g/mol. The minimum atomic E-state index is 0.0528. The van der Waals surface area contributed by atoms with Gasteiger partial charge in [-0.1, -0.05) is 6.42 Å². The molecule has 5 heteroatoms. The maximum Gasteiger partial charge on any atom is 0.273 e. The highest BCUT2D eigenvalue weighted by Crippen LogP contribution is 2.23. The lowest BCUT2D eigenvalue weighted by Crippen LogP contribution is -2.41. The first kappa shape index (κ1) is 14.0. The molecular formula is C15H20BrN3O. The van der Waals surface area contributed by atoms with Crippen LogP contribution in [0.1, 0.15) is 36.2 Å². The molecule has 1 amide bonds. The Morgan fingerprint density at radius 3 is 2.80 bits per heavy atom. The van der Waals surface area contributed by atoms with Gasteiger partial charge in [0, 0.05) is 29.8 Å². The molecule has 2 aliphatic rings. The van der Waals surface area contributed by atoms with Crippen molar-refractivity contribution < 1.29 is 4.79 Å². The van der Waals surface area contributed by atoms with E-state index in [-0.39, 0.29) is 5.91 Å². The van der Waals surface area contributed by atoms with E-state index in [9.17, 15) is 4.79 Å². The van der Waals surface area contributed by atoms with Gasteiger partial charge >= 0.3 is 0 Å². The topological polar surface area (TPSA) is 36.4 Å². The molecule has 2 aliphatic heterocycles. The fraction of sp³-hybridized carbons (Fsp3) is 0.600. The molecule has 0 aromatic carbocycles. The lowest BCUT2D eigenvalue weighted by atomic mass is 10.1. The van der Waals surface area contributed by atoms with Gasteiger partial charge in [-0.2, -0.15) is 0 Å². The van der Waals surface area contributed by atoms with Crippen molar-refractivity contribution in [3.05, 3.63) is 28.5 Å². The molecule has 0 radical (unpaired) electrons. The van der Waals surface area contributed by atoms with E-state index in [2.05, 4.69) is 25.8 Å². The zero-order valence-corrected chi connectivity index (χ0v) is 13.2. The van der Waals surface area contributed by atoms with Gasteiger partial charge in [-0.15, -0.1) is 0 Å². The number of carbonyl (C=O) groups is 1. The van der Waals surface area contributed by atoms with Crippen LogP contribution in [-0.4, -0.2) is 52.9 Å².